The third-order valence-electron chi connectivity index (χ3n) is 4.97. The first-order chi connectivity index (χ1) is 11.6. The summed E-state index contributed by atoms with van der Waals surface area (Å²) >= 11 is 0. The fourth-order valence-electron chi connectivity index (χ4n) is 3.28. The van der Waals surface area contributed by atoms with Gasteiger partial charge in [0.05, 0.1) is 0 Å². The van der Waals surface area contributed by atoms with Crippen molar-refractivity contribution in [1.29, 1.82) is 0 Å². The lowest BCUT2D eigenvalue weighted by Crippen LogP contribution is -2.43. The predicted octanol–water partition coefficient (Wildman–Crippen LogP) is 2.29. The Kier molecular flexibility index (Phi) is 5.66. The number of amides is 1. The van der Waals surface area contributed by atoms with E-state index in [0.29, 0.717) is 5.56 Å². The van der Waals surface area contributed by atoms with Gasteiger partial charge >= 0.3 is 0 Å². The Morgan fingerprint density at radius 3 is 2.46 bits per heavy atom. The monoisotopic (exact) mass is 329 g/mol. The summed E-state index contributed by atoms with van der Waals surface area (Å²) in [4.78, 5) is 14.5. The molecule has 1 atom stereocenters. The average molecular weight is 329 g/mol. The molecule has 5 heteroatoms. The van der Waals surface area contributed by atoms with Gasteiger partial charge in [-0.2, -0.15) is 0 Å². The van der Waals surface area contributed by atoms with Crippen LogP contribution >= 0.6 is 0 Å². The van der Waals surface area contributed by atoms with Crippen molar-refractivity contribution < 1.29 is 9.90 Å². The number of hydrazine groups is 1. The van der Waals surface area contributed by atoms with Crippen molar-refractivity contribution in [1.82, 2.24) is 15.8 Å². The van der Waals surface area contributed by atoms with Crippen LogP contribution in [0.25, 0.3) is 6.08 Å². The highest BCUT2D eigenvalue weighted by Gasteiger charge is 2.26. The molecule has 0 radical (unpaired) electrons. The summed E-state index contributed by atoms with van der Waals surface area (Å²) in [6.45, 7) is 3.91. The van der Waals surface area contributed by atoms with Gasteiger partial charge in [0.1, 0.15) is 6.23 Å². The Morgan fingerprint density at radius 1 is 1.25 bits per heavy atom. The molecular weight excluding hydrogens is 302 g/mol. The van der Waals surface area contributed by atoms with Gasteiger partial charge < -0.3 is 5.11 Å². The molecule has 5 nitrogen and oxygen atoms in total. The summed E-state index contributed by atoms with van der Waals surface area (Å²) in [5.74, 6) is -0.246. The molecule has 1 aliphatic carbocycles. The van der Waals surface area contributed by atoms with E-state index in [0.717, 1.165) is 24.4 Å². The minimum absolute atomic E-state index is 0.246. The van der Waals surface area contributed by atoms with Gasteiger partial charge in [0.2, 0.25) is 0 Å². The highest BCUT2D eigenvalue weighted by Crippen LogP contribution is 2.29. The topological polar surface area (TPSA) is 64.6 Å². The van der Waals surface area contributed by atoms with Gasteiger partial charge in [-0.1, -0.05) is 30.2 Å². The van der Waals surface area contributed by atoms with Crippen LogP contribution in [0.4, 0.5) is 0 Å². The van der Waals surface area contributed by atoms with Gasteiger partial charge in [-0.3, -0.25) is 15.1 Å². The largest absolute Gasteiger partial charge is 0.377 e. The molecule has 2 aliphatic rings. The van der Waals surface area contributed by atoms with Crippen molar-refractivity contribution in [3.63, 3.8) is 0 Å². The van der Waals surface area contributed by atoms with Crippen LogP contribution in [0, 0.1) is 0 Å². The second kappa shape index (κ2) is 7.92. The zero-order chi connectivity index (χ0) is 16.9. The number of nitrogens with one attached hydrogen (secondary N) is 2. The van der Waals surface area contributed by atoms with Crippen molar-refractivity contribution in [3.8, 4) is 0 Å². The van der Waals surface area contributed by atoms with Crippen LogP contribution in [0.3, 0.4) is 0 Å². The minimum Gasteiger partial charge on any atom is -0.377 e. The van der Waals surface area contributed by atoms with E-state index < -0.39 is 6.23 Å². The molecule has 1 saturated heterocycles. The fraction of sp³-hybridized carbons (Fsp3) is 0.526. The quantitative estimate of drug-likeness (QED) is 0.573. The second-order valence-corrected chi connectivity index (χ2v) is 6.82. The second-order valence-electron chi connectivity index (χ2n) is 6.82. The summed E-state index contributed by atoms with van der Waals surface area (Å²) in [6, 6.07) is 8.43. The maximum Gasteiger partial charge on any atom is 0.265 e. The Bertz CT molecular complexity index is 581. The first kappa shape index (κ1) is 17.1. The molecule has 3 rings (SSSR count). The number of benzene rings is 1. The van der Waals surface area contributed by atoms with E-state index in [1.807, 2.05) is 24.3 Å². The Hall–Kier alpha value is -1.69. The number of hydrogen-bond acceptors (Lipinski definition) is 4. The number of aliphatic hydroxyl groups excluding tert-OH is 1. The average Bonchev–Trinajstić information content (AvgIpc) is 2.53. The molecule has 1 saturated carbocycles. The summed E-state index contributed by atoms with van der Waals surface area (Å²) < 4.78 is 0. The highest BCUT2D eigenvalue weighted by molar-refractivity contribution is 5.94. The summed E-state index contributed by atoms with van der Waals surface area (Å²) in [5.41, 5.74) is 8.17. The van der Waals surface area contributed by atoms with Gasteiger partial charge in [-0.25, -0.2) is 5.43 Å². The molecule has 1 heterocycles. The molecule has 130 valence electrons. The van der Waals surface area contributed by atoms with Crippen LogP contribution in [-0.2, 0) is 0 Å². The third kappa shape index (κ3) is 4.44. The summed E-state index contributed by atoms with van der Waals surface area (Å²) in [5, 5.41) is 9.11. The van der Waals surface area contributed by atoms with Gasteiger partial charge in [0, 0.05) is 24.7 Å². The van der Waals surface area contributed by atoms with E-state index in [1.54, 1.807) is 6.92 Å². The lowest BCUT2D eigenvalue weighted by Gasteiger charge is -2.40. The number of hydrogen-bond donors (Lipinski definition) is 3. The Morgan fingerprint density at radius 2 is 1.92 bits per heavy atom. The third-order valence-corrected chi connectivity index (χ3v) is 4.97. The molecule has 3 N–H and O–H groups in total. The number of carbonyl (C=O) groups excluding carboxylic acids is 1. The number of likely N-dealkylation sites (tertiary alicyclic amines) is 1. The van der Waals surface area contributed by atoms with Gasteiger partial charge in [0.25, 0.3) is 5.91 Å². The molecule has 1 amide bonds. The van der Waals surface area contributed by atoms with Crippen molar-refractivity contribution in [2.75, 3.05) is 13.1 Å². The van der Waals surface area contributed by atoms with Crippen LogP contribution in [0.5, 0.6) is 0 Å². The van der Waals surface area contributed by atoms with E-state index in [-0.39, 0.29) is 5.91 Å². The van der Waals surface area contributed by atoms with E-state index in [4.69, 9.17) is 5.11 Å². The van der Waals surface area contributed by atoms with E-state index in [2.05, 4.69) is 21.8 Å². The Balaban J connectivity index is 1.53. The van der Waals surface area contributed by atoms with Crippen LogP contribution in [0.2, 0.25) is 0 Å². The molecule has 1 unspecified atom stereocenters. The van der Waals surface area contributed by atoms with E-state index in [1.165, 1.54) is 37.9 Å². The number of rotatable bonds is 5. The summed E-state index contributed by atoms with van der Waals surface area (Å²) in [7, 11) is 0. The molecule has 1 aromatic carbocycles. The zero-order valence-corrected chi connectivity index (χ0v) is 14.3. The van der Waals surface area contributed by atoms with Crippen molar-refractivity contribution >= 4 is 12.0 Å². The Labute approximate surface area is 143 Å². The lowest BCUT2D eigenvalue weighted by molar-refractivity contribution is 0.0838. The smallest absolute Gasteiger partial charge is 0.265 e. The number of nitrogens with zero attached hydrogens (tertiary/aromatic N) is 1. The predicted molar refractivity (Wildman–Crippen MR) is 95.1 cm³/mol. The minimum atomic E-state index is -0.774. The van der Waals surface area contributed by atoms with Crippen molar-refractivity contribution in [2.24, 2.45) is 0 Å². The molecule has 0 aromatic heterocycles. The van der Waals surface area contributed by atoms with E-state index >= 15 is 0 Å². The fourth-order valence-corrected chi connectivity index (χ4v) is 3.28. The highest BCUT2D eigenvalue weighted by atomic mass is 16.3. The first-order valence-corrected chi connectivity index (χ1v) is 8.89. The number of piperidine rings is 1. The lowest BCUT2D eigenvalue weighted by atomic mass is 9.89. The molecule has 1 aromatic rings. The number of aliphatic hydroxyl groups is 1. The van der Waals surface area contributed by atoms with Crippen molar-refractivity contribution in [2.45, 2.75) is 51.3 Å². The van der Waals surface area contributed by atoms with E-state index in [9.17, 15) is 4.79 Å². The van der Waals surface area contributed by atoms with Crippen LogP contribution in [-0.4, -0.2) is 41.3 Å². The maximum absolute atomic E-state index is 11.9. The molecule has 0 spiro atoms. The normalized spacial score (nSPS) is 20.3. The van der Waals surface area contributed by atoms with Crippen molar-refractivity contribution in [3.05, 3.63) is 41.0 Å². The van der Waals surface area contributed by atoms with Crippen LogP contribution in [0.1, 0.15) is 54.9 Å². The maximum atomic E-state index is 11.9. The molecule has 24 heavy (non-hydrogen) atoms. The molecule has 0 bridgehead atoms. The zero-order valence-electron chi connectivity index (χ0n) is 14.3. The van der Waals surface area contributed by atoms with Gasteiger partial charge in [-0.05, 0) is 50.3 Å². The SMILES string of the molecule is CC(O)NNC(=O)c1ccc(C=C2CCN(C3CCC3)CC2)cc1. The summed E-state index contributed by atoms with van der Waals surface area (Å²) in [6.07, 6.45) is 7.95. The molecule has 1 aliphatic heterocycles. The van der Waals surface area contributed by atoms with Gasteiger partial charge in [-0.15, -0.1) is 0 Å². The first-order valence-electron chi connectivity index (χ1n) is 8.89. The molecule has 2 fully saturated rings. The number of carbonyl (C=O) groups is 1. The van der Waals surface area contributed by atoms with Crippen LogP contribution < -0.4 is 10.9 Å². The molecular formula is C19H27N3O2. The standard InChI is InChI=1S/C19H27N3O2/c1-14(23)20-21-19(24)17-7-5-15(6-8-17)13-16-9-11-22(12-10-16)18-3-2-4-18/h5-8,13-14,18,20,23H,2-4,9-12H2,1H3,(H,21,24). The van der Waals surface area contributed by atoms with Crippen LogP contribution in [0.15, 0.2) is 29.8 Å². The van der Waals surface area contributed by atoms with Gasteiger partial charge in [0.15, 0.2) is 0 Å².